The number of nitrogens with zero attached hydrogens (tertiary/aromatic N) is 2. The van der Waals surface area contributed by atoms with E-state index in [-0.39, 0.29) is 5.91 Å². The Morgan fingerprint density at radius 3 is 2.80 bits per heavy atom. The van der Waals surface area contributed by atoms with Crippen LogP contribution in [0.25, 0.3) is 11.3 Å². The monoisotopic (exact) mass is 344 g/mol. The van der Waals surface area contributed by atoms with Crippen LogP contribution in [0.3, 0.4) is 0 Å². The number of H-pyrrole nitrogens is 1. The molecule has 0 atom stereocenters. The van der Waals surface area contributed by atoms with E-state index in [9.17, 15) is 4.79 Å². The lowest BCUT2D eigenvalue weighted by Crippen LogP contribution is -2.37. The summed E-state index contributed by atoms with van der Waals surface area (Å²) < 4.78 is 10.5. The topological polar surface area (TPSA) is 79.5 Å². The molecule has 0 bridgehead atoms. The molecule has 2 N–H and O–H groups in total. The third kappa shape index (κ3) is 5.04. The van der Waals surface area contributed by atoms with Crippen LogP contribution in [0.2, 0.25) is 0 Å². The quantitative estimate of drug-likeness (QED) is 0.804. The number of aromatic nitrogens is 2. The highest BCUT2D eigenvalue weighted by atomic mass is 16.5. The standard InChI is InChI=1S/C18H24N4O3/c1-24-15-6-4-14(5-7-15)16-13-17(21-20-16)19-18(23)3-2-8-22-9-11-25-12-10-22/h4-7,13H,2-3,8-12H2,1H3,(H2,19,20,21,23). The Kier molecular flexibility index (Phi) is 6.03. The predicted octanol–water partition coefficient (Wildman–Crippen LogP) is 2.14. The van der Waals surface area contributed by atoms with Crippen molar-refractivity contribution in [3.8, 4) is 17.0 Å². The van der Waals surface area contributed by atoms with Crippen molar-refractivity contribution in [2.24, 2.45) is 0 Å². The van der Waals surface area contributed by atoms with Crippen LogP contribution >= 0.6 is 0 Å². The molecule has 1 aromatic carbocycles. The van der Waals surface area contributed by atoms with E-state index in [1.54, 1.807) is 7.11 Å². The molecule has 25 heavy (non-hydrogen) atoms. The van der Waals surface area contributed by atoms with Crippen LogP contribution in [0, 0.1) is 0 Å². The summed E-state index contributed by atoms with van der Waals surface area (Å²) in [6.07, 6.45) is 1.33. The van der Waals surface area contributed by atoms with E-state index in [0.29, 0.717) is 12.2 Å². The molecule has 1 saturated heterocycles. The zero-order chi connectivity index (χ0) is 17.5. The molecule has 2 aromatic rings. The molecule has 0 radical (unpaired) electrons. The molecule has 0 aliphatic carbocycles. The van der Waals surface area contributed by atoms with Crippen molar-refractivity contribution in [2.45, 2.75) is 12.8 Å². The molecule has 0 saturated carbocycles. The van der Waals surface area contributed by atoms with Crippen molar-refractivity contribution in [1.29, 1.82) is 0 Å². The number of amides is 1. The summed E-state index contributed by atoms with van der Waals surface area (Å²) in [6.45, 7) is 4.40. The number of hydrogen-bond donors (Lipinski definition) is 2. The summed E-state index contributed by atoms with van der Waals surface area (Å²) in [4.78, 5) is 14.4. The first-order chi connectivity index (χ1) is 12.2. The van der Waals surface area contributed by atoms with Gasteiger partial charge in [0.1, 0.15) is 11.6 Å². The van der Waals surface area contributed by atoms with Gasteiger partial charge in [0, 0.05) is 31.1 Å². The van der Waals surface area contributed by atoms with Crippen LogP contribution in [0.4, 0.5) is 5.82 Å². The molecule has 1 aliphatic rings. The molecular weight excluding hydrogens is 320 g/mol. The van der Waals surface area contributed by atoms with Gasteiger partial charge in [-0.25, -0.2) is 0 Å². The number of carbonyl (C=O) groups excluding carboxylic acids is 1. The summed E-state index contributed by atoms with van der Waals surface area (Å²) in [6, 6.07) is 9.47. The molecule has 7 heteroatoms. The van der Waals surface area contributed by atoms with E-state index in [2.05, 4.69) is 20.4 Å². The van der Waals surface area contributed by atoms with Crippen molar-refractivity contribution in [1.82, 2.24) is 15.1 Å². The van der Waals surface area contributed by atoms with Crippen LogP contribution < -0.4 is 10.1 Å². The number of nitrogens with one attached hydrogen (secondary N) is 2. The maximum absolute atomic E-state index is 12.1. The first-order valence-electron chi connectivity index (χ1n) is 8.54. The number of methoxy groups -OCH3 is 1. The SMILES string of the molecule is COc1ccc(-c2cc(NC(=O)CCCN3CCOCC3)[nH]n2)cc1. The van der Waals surface area contributed by atoms with E-state index >= 15 is 0 Å². The fourth-order valence-corrected chi connectivity index (χ4v) is 2.80. The Hall–Kier alpha value is -2.38. The summed E-state index contributed by atoms with van der Waals surface area (Å²) in [7, 11) is 1.64. The second-order valence-corrected chi connectivity index (χ2v) is 6.00. The van der Waals surface area contributed by atoms with E-state index in [1.807, 2.05) is 30.3 Å². The van der Waals surface area contributed by atoms with E-state index in [1.165, 1.54) is 0 Å². The minimum Gasteiger partial charge on any atom is -0.497 e. The average Bonchev–Trinajstić information content (AvgIpc) is 3.11. The zero-order valence-electron chi connectivity index (χ0n) is 14.5. The molecule has 1 fully saturated rings. The van der Waals surface area contributed by atoms with Gasteiger partial charge in [-0.1, -0.05) is 0 Å². The number of ether oxygens (including phenoxy) is 2. The lowest BCUT2D eigenvalue weighted by Gasteiger charge is -2.26. The van der Waals surface area contributed by atoms with Crippen LogP contribution in [-0.2, 0) is 9.53 Å². The summed E-state index contributed by atoms with van der Waals surface area (Å²) in [5.41, 5.74) is 1.75. The number of rotatable bonds is 7. The molecule has 0 unspecified atom stereocenters. The van der Waals surface area contributed by atoms with Crippen molar-refractivity contribution in [3.05, 3.63) is 30.3 Å². The lowest BCUT2D eigenvalue weighted by atomic mass is 10.1. The van der Waals surface area contributed by atoms with Gasteiger partial charge in [-0.05, 0) is 37.2 Å². The molecule has 1 aromatic heterocycles. The van der Waals surface area contributed by atoms with Crippen molar-refractivity contribution < 1.29 is 14.3 Å². The molecule has 2 heterocycles. The fourth-order valence-electron chi connectivity index (χ4n) is 2.80. The first-order valence-corrected chi connectivity index (χ1v) is 8.54. The Bertz CT molecular complexity index is 678. The first kappa shape index (κ1) is 17.4. The zero-order valence-corrected chi connectivity index (χ0v) is 14.5. The van der Waals surface area contributed by atoms with E-state index in [4.69, 9.17) is 9.47 Å². The molecule has 1 aliphatic heterocycles. The van der Waals surface area contributed by atoms with E-state index in [0.717, 1.165) is 56.3 Å². The smallest absolute Gasteiger partial charge is 0.225 e. The summed E-state index contributed by atoms with van der Waals surface area (Å²) >= 11 is 0. The largest absolute Gasteiger partial charge is 0.497 e. The Morgan fingerprint density at radius 1 is 1.32 bits per heavy atom. The van der Waals surface area contributed by atoms with Crippen molar-refractivity contribution in [2.75, 3.05) is 45.3 Å². The van der Waals surface area contributed by atoms with Gasteiger partial charge in [-0.15, -0.1) is 0 Å². The highest BCUT2D eigenvalue weighted by Gasteiger charge is 2.11. The predicted molar refractivity (Wildman–Crippen MR) is 95.7 cm³/mol. The highest BCUT2D eigenvalue weighted by molar-refractivity contribution is 5.90. The van der Waals surface area contributed by atoms with E-state index < -0.39 is 0 Å². The average molecular weight is 344 g/mol. The number of carbonyl (C=O) groups is 1. The third-order valence-electron chi connectivity index (χ3n) is 4.22. The minimum atomic E-state index is -0.00168. The second kappa shape index (κ2) is 8.64. The summed E-state index contributed by atoms with van der Waals surface area (Å²) in [5.74, 6) is 1.41. The second-order valence-electron chi connectivity index (χ2n) is 6.00. The Labute approximate surface area is 147 Å². The molecular formula is C18H24N4O3. The third-order valence-corrected chi connectivity index (χ3v) is 4.22. The van der Waals surface area contributed by atoms with Gasteiger partial charge in [0.25, 0.3) is 0 Å². The Morgan fingerprint density at radius 2 is 2.08 bits per heavy atom. The van der Waals surface area contributed by atoms with Gasteiger partial charge in [0.05, 0.1) is 26.0 Å². The molecule has 3 rings (SSSR count). The van der Waals surface area contributed by atoms with Crippen molar-refractivity contribution >= 4 is 11.7 Å². The van der Waals surface area contributed by atoms with Gasteiger partial charge < -0.3 is 14.8 Å². The summed E-state index contributed by atoms with van der Waals surface area (Å²) in [5, 5.41) is 9.98. The fraction of sp³-hybridized carbons (Fsp3) is 0.444. The van der Waals surface area contributed by atoms with Crippen LogP contribution in [-0.4, -0.2) is 61.0 Å². The number of morpholine rings is 1. The van der Waals surface area contributed by atoms with Gasteiger partial charge in [0.2, 0.25) is 5.91 Å². The molecule has 134 valence electrons. The number of benzene rings is 1. The number of hydrogen-bond acceptors (Lipinski definition) is 5. The molecule has 7 nitrogen and oxygen atoms in total. The maximum atomic E-state index is 12.1. The van der Waals surface area contributed by atoms with Gasteiger partial charge in [-0.2, -0.15) is 5.10 Å². The highest BCUT2D eigenvalue weighted by Crippen LogP contribution is 2.22. The number of anilines is 1. The van der Waals surface area contributed by atoms with Crippen LogP contribution in [0.5, 0.6) is 5.75 Å². The Balaban J connectivity index is 1.46. The van der Waals surface area contributed by atoms with Gasteiger partial charge in [0.15, 0.2) is 0 Å². The van der Waals surface area contributed by atoms with Gasteiger partial charge in [-0.3, -0.25) is 14.8 Å². The molecule has 1 amide bonds. The van der Waals surface area contributed by atoms with Crippen molar-refractivity contribution in [3.63, 3.8) is 0 Å². The minimum absolute atomic E-state index is 0.00168. The normalized spacial score (nSPS) is 15.1. The van der Waals surface area contributed by atoms with Crippen LogP contribution in [0.15, 0.2) is 30.3 Å². The van der Waals surface area contributed by atoms with Crippen LogP contribution in [0.1, 0.15) is 12.8 Å². The number of aromatic amines is 1. The van der Waals surface area contributed by atoms with Gasteiger partial charge >= 0.3 is 0 Å². The maximum Gasteiger partial charge on any atom is 0.225 e. The lowest BCUT2D eigenvalue weighted by molar-refractivity contribution is -0.116. The molecule has 0 spiro atoms.